The lowest BCUT2D eigenvalue weighted by molar-refractivity contribution is -0.108. The Balaban J connectivity index is 1.81. The molecule has 0 amide bonds. The quantitative estimate of drug-likeness (QED) is 0.770. The maximum absolute atomic E-state index is 12.1. The van der Waals surface area contributed by atoms with E-state index in [0.29, 0.717) is 36.7 Å². The molecule has 1 aliphatic heterocycles. The topological polar surface area (TPSA) is 91.0 Å². The molecule has 120 valence electrons. The van der Waals surface area contributed by atoms with Crippen LogP contribution >= 0.6 is 23.1 Å². The third-order valence-electron chi connectivity index (χ3n) is 3.92. The van der Waals surface area contributed by atoms with E-state index < -0.39 is 11.7 Å². The number of β-amino-alcohol motifs (C(OH)–C–C–N with tert-alkyl or cyclic N) is 1. The third-order valence-corrected chi connectivity index (χ3v) is 5.81. The average Bonchev–Trinajstić information content (AvgIpc) is 2.87. The highest BCUT2D eigenvalue weighted by molar-refractivity contribution is 8.00. The molecule has 1 aliphatic rings. The fourth-order valence-electron chi connectivity index (χ4n) is 2.46. The number of likely N-dealkylation sites (tertiary alicyclic amines) is 1. The van der Waals surface area contributed by atoms with Crippen LogP contribution in [0.2, 0.25) is 0 Å². The summed E-state index contributed by atoms with van der Waals surface area (Å²) in [5, 5.41) is 24.1. The van der Waals surface area contributed by atoms with Crippen LogP contribution in [0.1, 0.15) is 19.0 Å². The molecule has 0 saturated carbocycles. The van der Waals surface area contributed by atoms with Gasteiger partial charge in [0.15, 0.2) is 4.34 Å². The monoisotopic (exact) mass is 342 g/mol. The van der Waals surface area contributed by atoms with Gasteiger partial charge in [0.25, 0.3) is 5.56 Å². The summed E-state index contributed by atoms with van der Waals surface area (Å²) in [6.45, 7) is 3.15. The van der Waals surface area contributed by atoms with Crippen LogP contribution in [0.5, 0.6) is 0 Å². The number of thioether (sulfide) groups is 1. The van der Waals surface area contributed by atoms with Crippen molar-refractivity contribution in [2.75, 3.05) is 19.3 Å². The Morgan fingerprint density at radius 1 is 1.59 bits per heavy atom. The van der Waals surface area contributed by atoms with Gasteiger partial charge < -0.3 is 10.2 Å². The maximum atomic E-state index is 12.1. The lowest BCUT2D eigenvalue weighted by atomic mass is 9.91. The molecule has 9 heteroatoms. The van der Waals surface area contributed by atoms with Gasteiger partial charge in [-0.1, -0.05) is 23.1 Å². The van der Waals surface area contributed by atoms with Crippen LogP contribution in [0, 0.1) is 0 Å². The molecule has 22 heavy (non-hydrogen) atoms. The Labute approximate surface area is 135 Å². The molecule has 7 nitrogen and oxygen atoms in total. The van der Waals surface area contributed by atoms with Crippen molar-refractivity contribution in [1.29, 1.82) is 0 Å². The summed E-state index contributed by atoms with van der Waals surface area (Å²) >= 11 is 2.86. The molecule has 2 atom stereocenters. The highest BCUT2D eigenvalue weighted by Gasteiger charge is 2.36. The highest BCUT2D eigenvalue weighted by atomic mass is 32.2. The van der Waals surface area contributed by atoms with Gasteiger partial charge in [-0.2, -0.15) is 4.52 Å². The van der Waals surface area contributed by atoms with Crippen molar-refractivity contribution in [1.82, 2.24) is 19.5 Å². The summed E-state index contributed by atoms with van der Waals surface area (Å²) in [7, 11) is 0. The molecular formula is C13H18N4O3S2. The predicted octanol–water partition coefficient (Wildman–Crippen LogP) is 0.190. The zero-order chi connectivity index (χ0) is 15.9. The summed E-state index contributed by atoms with van der Waals surface area (Å²) in [5.41, 5.74) is -0.575. The van der Waals surface area contributed by atoms with Crippen LogP contribution < -0.4 is 5.56 Å². The summed E-state index contributed by atoms with van der Waals surface area (Å²) in [6, 6.07) is 1.48. The molecular weight excluding hydrogens is 324 g/mol. The lowest BCUT2D eigenvalue weighted by Crippen LogP contribution is -2.53. The van der Waals surface area contributed by atoms with Gasteiger partial charge in [-0.3, -0.25) is 9.69 Å². The maximum Gasteiger partial charge on any atom is 0.275 e. The van der Waals surface area contributed by atoms with Crippen molar-refractivity contribution in [2.24, 2.45) is 0 Å². The molecule has 2 N–H and O–H groups in total. The zero-order valence-electron chi connectivity index (χ0n) is 12.4. The van der Waals surface area contributed by atoms with Crippen LogP contribution in [0.25, 0.3) is 4.96 Å². The van der Waals surface area contributed by atoms with Crippen LogP contribution in [-0.4, -0.2) is 60.8 Å². The van der Waals surface area contributed by atoms with Crippen molar-refractivity contribution < 1.29 is 10.2 Å². The minimum Gasteiger partial charge on any atom is -0.389 e. The highest BCUT2D eigenvalue weighted by Crippen LogP contribution is 2.23. The van der Waals surface area contributed by atoms with E-state index in [1.54, 1.807) is 6.92 Å². The fraction of sp³-hybridized carbons (Fsp3) is 0.615. The van der Waals surface area contributed by atoms with Crippen LogP contribution in [0.15, 0.2) is 15.2 Å². The molecule has 3 rings (SSSR count). The van der Waals surface area contributed by atoms with Crippen molar-refractivity contribution in [2.45, 2.75) is 35.9 Å². The summed E-state index contributed by atoms with van der Waals surface area (Å²) in [4.78, 5) is 19.1. The van der Waals surface area contributed by atoms with Gasteiger partial charge >= 0.3 is 0 Å². The summed E-state index contributed by atoms with van der Waals surface area (Å²) < 4.78 is 2.11. The Kier molecular flexibility index (Phi) is 4.25. The first kappa shape index (κ1) is 15.9. The van der Waals surface area contributed by atoms with Gasteiger partial charge in [-0.25, -0.2) is 4.98 Å². The molecule has 0 bridgehead atoms. The summed E-state index contributed by atoms with van der Waals surface area (Å²) in [5.74, 6) is 0. The number of piperidine rings is 1. The van der Waals surface area contributed by atoms with Gasteiger partial charge in [0.2, 0.25) is 4.96 Å². The van der Waals surface area contributed by atoms with Crippen molar-refractivity contribution >= 4 is 28.1 Å². The molecule has 3 heterocycles. The van der Waals surface area contributed by atoms with E-state index in [1.165, 1.54) is 33.7 Å². The smallest absolute Gasteiger partial charge is 0.275 e. The van der Waals surface area contributed by atoms with Crippen molar-refractivity contribution in [3.63, 3.8) is 0 Å². The second kappa shape index (κ2) is 5.89. The van der Waals surface area contributed by atoms with E-state index >= 15 is 0 Å². The fourth-order valence-corrected chi connectivity index (χ4v) is 3.84. The van der Waals surface area contributed by atoms with Crippen LogP contribution in [0.4, 0.5) is 0 Å². The second-order valence-electron chi connectivity index (χ2n) is 5.71. The molecule has 0 aliphatic carbocycles. The average molecular weight is 342 g/mol. The number of rotatable bonds is 3. The van der Waals surface area contributed by atoms with Gasteiger partial charge in [0.05, 0.1) is 17.4 Å². The molecule has 0 spiro atoms. The van der Waals surface area contributed by atoms with Gasteiger partial charge in [-0.15, -0.1) is 5.10 Å². The first-order valence-electron chi connectivity index (χ1n) is 6.95. The van der Waals surface area contributed by atoms with E-state index in [0.717, 1.165) is 4.34 Å². The van der Waals surface area contributed by atoms with E-state index in [-0.39, 0.29) is 5.56 Å². The van der Waals surface area contributed by atoms with Gasteiger partial charge in [0.1, 0.15) is 0 Å². The lowest BCUT2D eigenvalue weighted by Gasteiger charge is -2.39. The largest absolute Gasteiger partial charge is 0.389 e. The first-order chi connectivity index (χ1) is 10.4. The minimum atomic E-state index is -1.04. The van der Waals surface area contributed by atoms with Crippen molar-refractivity contribution in [3.8, 4) is 0 Å². The molecule has 0 radical (unpaired) electrons. The van der Waals surface area contributed by atoms with Crippen LogP contribution in [0.3, 0.4) is 0 Å². The van der Waals surface area contributed by atoms with E-state index in [9.17, 15) is 15.0 Å². The number of aliphatic hydroxyl groups excluding tert-OH is 1. The summed E-state index contributed by atoms with van der Waals surface area (Å²) in [6.07, 6.45) is 1.61. The number of aliphatic hydroxyl groups is 2. The molecule has 0 unspecified atom stereocenters. The predicted molar refractivity (Wildman–Crippen MR) is 85.4 cm³/mol. The van der Waals surface area contributed by atoms with E-state index in [2.05, 4.69) is 10.1 Å². The second-order valence-corrected chi connectivity index (χ2v) is 7.72. The zero-order valence-corrected chi connectivity index (χ0v) is 14.0. The molecule has 2 aromatic heterocycles. The van der Waals surface area contributed by atoms with E-state index in [1.807, 2.05) is 11.2 Å². The Bertz CT molecular complexity index is 742. The molecule has 1 fully saturated rings. The standard InChI is InChI=1S/C13H18N4O3S2/c1-13(20)3-4-16(7-9(13)18)6-8-5-10(19)17-11(14-8)22-12(15-17)21-2/h5,9,18,20H,3-4,6-7H2,1-2H3/t9-,13+/m0/s1. The van der Waals surface area contributed by atoms with Crippen LogP contribution in [-0.2, 0) is 6.54 Å². The SMILES string of the molecule is CSc1nn2c(=O)cc(CN3CC[C@@](C)(O)[C@@H](O)C3)nc2s1. The minimum absolute atomic E-state index is 0.193. The Morgan fingerprint density at radius 2 is 2.36 bits per heavy atom. The first-order valence-corrected chi connectivity index (χ1v) is 9.00. The number of fused-ring (bicyclic) bond motifs is 1. The Hall–Kier alpha value is -1.00. The Morgan fingerprint density at radius 3 is 3.05 bits per heavy atom. The number of aromatic nitrogens is 3. The molecule has 1 saturated heterocycles. The van der Waals surface area contributed by atoms with Crippen molar-refractivity contribution in [3.05, 3.63) is 22.1 Å². The van der Waals surface area contributed by atoms with Gasteiger partial charge in [0, 0.05) is 25.7 Å². The molecule has 0 aromatic carbocycles. The molecule has 2 aromatic rings. The number of hydrogen-bond donors (Lipinski definition) is 2. The number of nitrogens with zero attached hydrogens (tertiary/aromatic N) is 4. The number of hydrogen-bond acceptors (Lipinski definition) is 8. The van der Waals surface area contributed by atoms with E-state index in [4.69, 9.17) is 0 Å². The van der Waals surface area contributed by atoms with Gasteiger partial charge in [-0.05, 0) is 19.6 Å². The normalized spacial score (nSPS) is 26.6. The third kappa shape index (κ3) is 3.04.